The zero-order valence-corrected chi connectivity index (χ0v) is 18.3. The predicted octanol–water partition coefficient (Wildman–Crippen LogP) is 5.85. The Morgan fingerprint density at radius 1 is 1.10 bits per heavy atom. The first kappa shape index (κ1) is 19.6. The van der Waals surface area contributed by atoms with Crippen LogP contribution < -0.4 is 9.64 Å². The Balaban J connectivity index is 1.64. The van der Waals surface area contributed by atoms with E-state index in [4.69, 9.17) is 4.74 Å². The number of fused-ring (bicyclic) bond motifs is 1. The van der Waals surface area contributed by atoms with Crippen LogP contribution in [0.15, 0.2) is 65.4 Å². The first-order chi connectivity index (χ1) is 15.2. The maximum atomic E-state index is 13.5. The van der Waals surface area contributed by atoms with Crippen molar-refractivity contribution in [3.63, 3.8) is 0 Å². The van der Waals surface area contributed by atoms with Gasteiger partial charge in [0, 0.05) is 22.5 Å². The molecule has 156 valence electrons. The number of amides is 1. The van der Waals surface area contributed by atoms with Crippen LogP contribution in [0.3, 0.4) is 0 Å². The zero-order valence-electron chi connectivity index (χ0n) is 17.5. The van der Waals surface area contributed by atoms with Crippen LogP contribution >= 0.6 is 11.3 Å². The number of aromatic amines is 1. The molecule has 1 amide bonds. The third-order valence-corrected chi connectivity index (χ3v) is 6.45. The second kappa shape index (κ2) is 8.04. The predicted molar refractivity (Wildman–Crippen MR) is 124 cm³/mol. The molecule has 1 atom stereocenters. The van der Waals surface area contributed by atoms with Crippen molar-refractivity contribution in [3.05, 3.63) is 87.9 Å². The molecule has 2 aromatic heterocycles. The van der Waals surface area contributed by atoms with Crippen LogP contribution in [0.1, 0.15) is 46.7 Å². The molecule has 0 radical (unpaired) electrons. The largest absolute Gasteiger partial charge is 0.496 e. The molecule has 5 rings (SSSR count). The van der Waals surface area contributed by atoms with Gasteiger partial charge in [0.2, 0.25) is 0 Å². The molecule has 2 aromatic carbocycles. The standard InChI is InChI=1S/C25H23N3O2S/c1-3-6-20-22-23(27-26-20)25(29)28(24(22)19-7-4-5-8-21(19)30-2)18-11-9-16(10-12-18)17-13-14-31-15-17/h4-5,7-15,24H,3,6H2,1-2H3,(H,26,27). The second-order valence-corrected chi connectivity index (χ2v) is 8.37. The van der Waals surface area contributed by atoms with E-state index in [2.05, 4.69) is 46.1 Å². The summed E-state index contributed by atoms with van der Waals surface area (Å²) in [6, 6.07) is 17.9. The van der Waals surface area contributed by atoms with Crippen LogP contribution in [0.25, 0.3) is 11.1 Å². The summed E-state index contributed by atoms with van der Waals surface area (Å²) in [5.41, 5.74) is 6.59. The van der Waals surface area contributed by atoms with Gasteiger partial charge in [-0.25, -0.2) is 0 Å². The minimum Gasteiger partial charge on any atom is -0.496 e. The molecule has 5 nitrogen and oxygen atoms in total. The highest BCUT2D eigenvalue weighted by Crippen LogP contribution is 2.45. The molecule has 4 aromatic rings. The lowest BCUT2D eigenvalue weighted by Gasteiger charge is -2.27. The minimum atomic E-state index is -0.286. The maximum Gasteiger partial charge on any atom is 0.280 e. The normalized spacial score (nSPS) is 15.4. The van der Waals surface area contributed by atoms with Gasteiger partial charge in [0.05, 0.1) is 13.2 Å². The van der Waals surface area contributed by atoms with Gasteiger partial charge in [-0.05, 0) is 52.6 Å². The van der Waals surface area contributed by atoms with Gasteiger partial charge in [0.15, 0.2) is 5.69 Å². The lowest BCUT2D eigenvalue weighted by molar-refractivity contribution is 0.0988. The Morgan fingerprint density at radius 3 is 2.61 bits per heavy atom. The van der Waals surface area contributed by atoms with Gasteiger partial charge >= 0.3 is 0 Å². The Kier molecular flexibility index (Phi) is 5.08. The number of nitrogens with one attached hydrogen (secondary N) is 1. The van der Waals surface area contributed by atoms with Crippen LogP contribution in [0.5, 0.6) is 5.75 Å². The number of carbonyl (C=O) groups excluding carboxylic acids is 1. The number of H-pyrrole nitrogens is 1. The SMILES string of the molecule is CCCc1[nH]nc2c1C(c1ccccc1OC)N(c1ccc(-c3ccsc3)cc1)C2=O. The van der Waals surface area contributed by atoms with Gasteiger partial charge < -0.3 is 4.74 Å². The Morgan fingerprint density at radius 2 is 1.90 bits per heavy atom. The summed E-state index contributed by atoms with van der Waals surface area (Å²) >= 11 is 1.67. The number of aromatic nitrogens is 2. The molecule has 1 aliphatic heterocycles. The molecule has 3 heterocycles. The average molecular weight is 430 g/mol. The number of hydrogen-bond donors (Lipinski definition) is 1. The zero-order chi connectivity index (χ0) is 21.4. The summed E-state index contributed by atoms with van der Waals surface area (Å²) in [7, 11) is 1.67. The Labute approximate surface area is 185 Å². The minimum absolute atomic E-state index is 0.0900. The van der Waals surface area contributed by atoms with Crippen LogP contribution in [-0.4, -0.2) is 23.2 Å². The Hall–Kier alpha value is -3.38. The summed E-state index contributed by atoms with van der Waals surface area (Å²) in [5.74, 6) is 0.671. The molecule has 0 fully saturated rings. The van der Waals surface area contributed by atoms with E-state index in [9.17, 15) is 4.79 Å². The van der Waals surface area contributed by atoms with Crippen molar-refractivity contribution in [2.24, 2.45) is 0 Å². The van der Waals surface area contributed by atoms with Gasteiger partial charge in [-0.3, -0.25) is 14.8 Å². The summed E-state index contributed by atoms with van der Waals surface area (Å²) in [6.45, 7) is 2.13. The smallest absolute Gasteiger partial charge is 0.280 e. The number of nitrogens with zero attached hydrogens (tertiary/aromatic N) is 2. The van der Waals surface area contributed by atoms with E-state index >= 15 is 0 Å². The van der Waals surface area contributed by atoms with Gasteiger partial charge in [-0.1, -0.05) is 43.7 Å². The lowest BCUT2D eigenvalue weighted by Crippen LogP contribution is -2.29. The lowest BCUT2D eigenvalue weighted by atomic mass is 9.96. The maximum absolute atomic E-state index is 13.5. The van der Waals surface area contributed by atoms with Crippen molar-refractivity contribution in [2.75, 3.05) is 12.0 Å². The van der Waals surface area contributed by atoms with Crippen molar-refractivity contribution >= 4 is 22.9 Å². The number of anilines is 1. The summed E-state index contributed by atoms with van der Waals surface area (Å²) < 4.78 is 5.67. The van der Waals surface area contributed by atoms with Crippen molar-refractivity contribution in [1.29, 1.82) is 0 Å². The third-order valence-electron chi connectivity index (χ3n) is 5.77. The monoisotopic (exact) mass is 429 g/mol. The summed E-state index contributed by atoms with van der Waals surface area (Å²) in [6.07, 6.45) is 1.81. The van der Waals surface area contributed by atoms with Gasteiger partial charge in [0.1, 0.15) is 5.75 Å². The van der Waals surface area contributed by atoms with Crippen LogP contribution in [0.4, 0.5) is 5.69 Å². The van der Waals surface area contributed by atoms with Gasteiger partial charge in [0.25, 0.3) is 5.91 Å². The molecule has 0 spiro atoms. The first-order valence-electron chi connectivity index (χ1n) is 10.4. The number of para-hydroxylation sites is 1. The fraction of sp³-hybridized carbons (Fsp3) is 0.200. The molecule has 1 aliphatic rings. The van der Waals surface area contributed by atoms with Gasteiger partial charge in [-0.15, -0.1) is 0 Å². The molecule has 0 aliphatic carbocycles. The molecule has 6 heteroatoms. The highest BCUT2D eigenvalue weighted by atomic mass is 32.1. The van der Waals surface area contributed by atoms with E-state index < -0.39 is 0 Å². The van der Waals surface area contributed by atoms with Crippen molar-refractivity contribution in [1.82, 2.24) is 10.2 Å². The summed E-state index contributed by atoms with van der Waals surface area (Å²) in [4.78, 5) is 15.4. The highest BCUT2D eigenvalue weighted by Gasteiger charge is 2.43. The number of hydrogen-bond acceptors (Lipinski definition) is 4. The van der Waals surface area contributed by atoms with E-state index in [1.807, 2.05) is 41.3 Å². The van der Waals surface area contributed by atoms with Crippen molar-refractivity contribution in [3.8, 4) is 16.9 Å². The average Bonchev–Trinajstić information content (AvgIpc) is 3.53. The quantitative estimate of drug-likeness (QED) is 0.418. The van der Waals surface area contributed by atoms with Crippen LogP contribution in [0.2, 0.25) is 0 Å². The number of benzene rings is 2. The third kappa shape index (κ3) is 3.24. The molecular formula is C25H23N3O2S. The highest BCUT2D eigenvalue weighted by molar-refractivity contribution is 7.08. The number of thiophene rings is 1. The van der Waals surface area contributed by atoms with Crippen molar-refractivity contribution < 1.29 is 9.53 Å². The number of methoxy groups -OCH3 is 1. The molecule has 1 N–H and O–H groups in total. The van der Waals surface area contributed by atoms with Crippen LogP contribution in [0, 0.1) is 0 Å². The fourth-order valence-corrected chi connectivity index (χ4v) is 5.01. The van der Waals surface area contributed by atoms with Crippen molar-refractivity contribution in [2.45, 2.75) is 25.8 Å². The molecule has 0 saturated heterocycles. The van der Waals surface area contributed by atoms with Crippen LogP contribution in [-0.2, 0) is 6.42 Å². The van der Waals surface area contributed by atoms with E-state index in [0.717, 1.165) is 46.7 Å². The van der Waals surface area contributed by atoms with E-state index in [0.29, 0.717) is 5.69 Å². The number of carbonyl (C=O) groups is 1. The first-order valence-corrected chi connectivity index (χ1v) is 11.3. The summed E-state index contributed by atoms with van der Waals surface area (Å²) in [5, 5.41) is 11.7. The number of ether oxygens (including phenoxy) is 1. The molecule has 31 heavy (non-hydrogen) atoms. The fourth-order valence-electron chi connectivity index (χ4n) is 4.34. The van der Waals surface area contributed by atoms with E-state index in [1.165, 1.54) is 5.56 Å². The van der Waals surface area contributed by atoms with E-state index in [1.54, 1.807) is 18.4 Å². The molecular weight excluding hydrogens is 406 g/mol. The second-order valence-electron chi connectivity index (χ2n) is 7.59. The topological polar surface area (TPSA) is 58.2 Å². The number of aryl methyl sites for hydroxylation is 1. The number of rotatable bonds is 6. The van der Waals surface area contributed by atoms with Gasteiger partial charge in [-0.2, -0.15) is 16.4 Å². The molecule has 1 unspecified atom stereocenters. The van der Waals surface area contributed by atoms with E-state index in [-0.39, 0.29) is 11.9 Å². The molecule has 0 bridgehead atoms. The Bertz CT molecular complexity index is 1210. The molecule has 0 saturated carbocycles.